The zero-order valence-electron chi connectivity index (χ0n) is 10.4. The number of rotatable bonds is 3. The first kappa shape index (κ1) is 11.9. The second-order valence-electron chi connectivity index (χ2n) is 5.27. The van der Waals surface area contributed by atoms with Crippen molar-refractivity contribution in [2.45, 2.75) is 39.0 Å². The van der Waals surface area contributed by atoms with Gasteiger partial charge in [-0.25, -0.2) is 0 Å². The van der Waals surface area contributed by atoms with E-state index in [-0.39, 0.29) is 5.92 Å². The molecule has 0 aliphatic carbocycles. The topological polar surface area (TPSA) is 32.3 Å². The van der Waals surface area contributed by atoms with Crippen molar-refractivity contribution in [2.75, 3.05) is 26.2 Å². The Balaban J connectivity index is 1.81. The Bertz CT molecular complexity index is 236. The smallest absolute Gasteiger partial charge is 0.226 e. The molecule has 2 saturated heterocycles. The molecule has 1 amide bonds. The maximum absolute atomic E-state index is 12.2. The number of amides is 1. The maximum Gasteiger partial charge on any atom is 0.226 e. The molecular formula is C13H24N2O. The highest BCUT2D eigenvalue weighted by atomic mass is 16.2. The molecule has 0 radical (unpaired) electrons. The maximum atomic E-state index is 12.2. The number of carbonyl (C=O) groups is 1. The van der Waals surface area contributed by atoms with E-state index in [0.717, 1.165) is 44.9 Å². The quantitative estimate of drug-likeness (QED) is 0.790. The summed E-state index contributed by atoms with van der Waals surface area (Å²) in [6.45, 7) is 6.23. The molecule has 2 aliphatic rings. The fourth-order valence-corrected chi connectivity index (χ4v) is 3.00. The zero-order chi connectivity index (χ0) is 11.4. The van der Waals surface area contributed by atoms with Crippen molar-refractivity contribution in [2.24, 2.45) is 11.8 Å². The highest BCUT2D eigenvalue weighted by Gasteiger charge is 2.30. The average molecular weight is 224 g/mol. The second kappa shape index (κ2) is 5.67. The van der Waals surface area contributed by atoms with Gasteiger partial charge in [0.05, 0.1) is 5.92 Å². The molecule has 3 heteroatoms. The fourth-order valence-electron chi connectivity index (χ4n) is 3.00. The summed E-state index contributed by atoms with van der Waals surface area (Å²) in [7, 11) is 0. The largest absolute Gasteiger partial charge is 0.342 e. The van der Waals surface area contributed by atoms with Crippen LogP contribution in [0.5, 0.6) is 0 Å². The highest BCUT2D eigenvalue weighted by Crippen LogP contribution is 2.23. The van der Waals surface area contributed by atoms with Crippen LogP contribution < -0.4 is 5.32 Å². The van der Waals surface area contributed by atoms with Crippen LogP contribution in [0.3, 0.4) is 0 Å². The van der Waals surface area contributed by atoms with Crippen LogP contribution in [0.1, 0.15) is 39.0 Å². The summed E-state index contributed by atoms with van der Waals surface area (Å²) in [6.07, 6.45) is 5.99. The van der Waals surface area contributed by atoms with Crippen molar-refractivity contribution in [3.8, 4) is 0 Å². The highest BCUT2D eigenvalue weighted by molar-refractivity contribution is 5.79. The first-order valence-corrected chi connectivity index (χ1v) is 6.80. The summed E-state index contributed by atoms with van der Waals surface area (Å²) >= 11 is 0. The summed E-state index contributed by atoms with van der Waals surface area (Å²) in [5.41, 5.74) is 0. The minimum Gasteiger partial charge on any atom is -0.342 e. The van der Waals surface area contributed by atoms with Crippen molar-refractivity contribution in [1.29, 1.82) is 0 Å². The van der Waals surface area contributed by atoms with Crippen molar-refractivity contribution < 1.29 is 4.79 Å². The van der Waals surface area contributed by atoms with Crippen molar-refractivity contribution in [3.63, 3.8) is 0 Å². The SMILES string of the molecule is CCCC1CCN(C(=O)C2CCCNC2)C1. The third-order valence-electron chi connectivity index (χ3n) is 3.94. The normalized spacial score (nSPS) is 30.7. The molecule has 2 fully saturated rings. The monoisotopic (exact) mass is 224 g/mol. The van der Waals surface area contributed by atoms with Gasteiger partial charge in [-0.15, -0.1) is 0 Å². The van der Waals surface area contributed by atoms with Gasteiger partial charge < -0.3 is 10.2 Å². The van der Waals surface area contributed by atoms with Crippen LogP contribution in [0.25, 0.3) is 0 Å². The minimum atomic E-state index is 0.258. The molecular weight excluding hydrogens is 200 g/mol. The standard InChI is InChI=1S/C13H24N2O/c1-2-4-11-6-8-15(10-11)13(16)12-5-3-7-14-9-12/h11-12,14H,2-10H2,1H3. The predicted molar refractivity (Wildman–Crippen MR) is 65.2 cm³/mol. The van der Waals surface area contributed by atoms with Gasteiger partial charge in [-0.1, -0.05) is 13.3 Å². The lowest BCUT2D eigenvalue weighted by atomic mass is 9.98. The lowest BCUT2D eigenvalue weighted by Gasteiger charge is -2.26. The van der Waals surface area contributed by atoms with Crippen LogP contribution in [0.4, 0.5) is 0 Å². The second-order valence-corrected chi connectivity index (χ2v) is 5.27. The summed E-state index contributed by atoms with van der Waals surface area (Å²) < 4.78 is 0. The molecule has 2 aliphatic heterocycles. The third-order valence-corrected chi connectivity index (χ3v) is 3.94. The number of hydrogen-bond acceptors (Lipinski definition) is 2. The molecule has 0 spiro atoms. The van der Waals surface area contributed by atoms with Gasteiger partial charge in [0.2, 0.25) is 5.91 Å². The fraction of sp³-hybridized carbons (Fsp3) is 0.923. The van der Waals surface area contributed by atoms with Gasteiger partial charge in [-0.05, 0) is 38.1 Å². The molecule has 2 unspecified atom stereocenters. The Morgan fingerprint density at radius 2 is 2.31 bits per heavy atom. The number of nitrogens with one attached hydrogen (secondary N) is 1. The molecule has 0 saturated carbocycles. The van der Waals surface area contributed by atoms with Crippen molar-refractivity contribution in [1.82, 2.24) is 10.2 Å². The Hall–Kier alpha value is -0.570. The molecule has 2 heterocycles. The first-order chi connectivity index (χ1) is 7.81. The van der Waals surface area contributed by atoms with Crippen LogP contribution in [0.2, 0.25) is 0 Å². The molecule has 0 aromatic rings. The van der Waals surface area contributed by atoms with Gasteiger partial charge in [0.25, 0.3) is 0 Å². The van der Waals surface area contributed by atoms with Gasteiger partial charge in [0.1, 0.15) is 0 Å². The number of hydrogen-bond donors (Lipinski definition) is 1. The van der Waals surface area contributed by atoms with E-state index in [9.17, 15) is 4.79 Å². The van der Waals surface area contributed by atoms with Crippen LogP contribution in [-0.4, -0.2) is 37.0 Å². The summed E-state index contributed by atoms with van der Waals surface area (Å²) in [5, 5.41) is 3.33. The lowest BCUT2D eigenvalue weighted by molar-refractivity contribution is -0.135. The summed E-state index contributed by atoms with van der Waals surface area (Å²) in [5.74, 6) is 1.44. The van der Waals surface area contributed by atoms with E-state index in [2.05, 4.69) is 17.1 Å². The molecule has 0 bridgehead atoms. The van der Waals surface area contributed by atoms with E-state index in [0.29, 0.717) is 5.91 Å². The number of nitrogens with zero attached hydrogens (tertiary/aromatic N) is 1. The van der Waals surface area contributed by atoms with E-state index in [1.165, 1.54) is 19.3 Å². The Morgan fingerprint density at radius 3 is 3.00 bits per heavy atom. The lowest BCUT2D eigenvalue weighted by Crippen LogP contribution is -2.42. The number of piperidine rings is 1. The molecule has 1 N–H and O–H groups in total. The summed E-state index contributed by atoms with van der Waals surface area (Å²) in [4.78, 5) is 14.3. The van der Waals surface area contributed by atoms with E-state index >= 15 is 0 Å². The molecule has 0 aromatic carbocycles. The Morgan fingerprint density at radius 1 is 1.44 bits per heavy atom. The molecule has 2 atom stereocenters. The molecule has 3 nitrogen and oxygen atoms in total. The zero-order valence-corrected chi connectivity index (χ0v) is 10.4. The molecule has 2 rings (SSSR count). The predicted octanol–water partition coefficient (Wildman–Crippen LogP) is 1.63. The van der Waals surface area contributed by atoms with E-state index < -0.39 is 0 Å². The van der Waals surface area contributed by atoms with E-state index in [4.69, 9.17) is 0 Å². The number of carbonyl (C=O) groups excluding carboxylic acids is 1. The van der Waals surface area contributed by atoms with Crippen LogP contribution in [0, 0.1) is 11.8 Å². The average Bonchev–Trinajstić information content (AvgIpc) is 2.78. The molecule has 0 aromatic heterocycles. The van der Waals surface area contributed by atoms with Crippen molar-refractivity contribution in [3.05, 3.63) is 0 Å². The van der Waals surface area contributed by atoms with E-state index in [1.54, 1.807) is 0 Å². The molecule has 92 valence electrons. The Labute approximate surface area is 98.6 Å². The van der Waals surface area contributed by atoms with Gasteiger partial charge in [0, 0.05) is 19.6 Å². The minimum absolute atomic E-state index is 0.258. The van der Waals surface area contributed by atoms with Gasteiger partial charge in [0.15, 0.2) is 0 Å². The van der Waals surface area contributed by atoms with Crippen LogP contribution in [0.15, 0.2) is 0 Å². The molecule has 16 heavy (non-hydrogen) atoms. The van der Waals surface area contributed by atoms with Crippen LogP contribution in [-0.2, 0) is 4.79 Å². The van der Waals surface area contributed by atoms with Gasteiger partial charge in [-0.3, -0.25) is 4.79 Å². The van der Waals surface area contributed by atoms with E-state index in [1.807, 2.05) is 0 Å². The van der Waals surface area contributed by atoms with Crippen molar-refractivity contribution >= 4 is 5.91 Å². The van der Waals surface area contributed by atoms with Crippen LogP contribution >= 0.6 is 0 Å². The first-order valence-electron chi connectivity index (χ1n) is 6.80. The number of likely N-dealkylation sites (tertiary alicyclic amines) is 1. The van der Waals surface area contributed by atoms with Gasteiger partial charge >= 0.3 is 0 Å². The Kier molecular flexibility index (Phi) is 4.22. The summed E-state index contributed by atoms with van der Waals surface area (Å²) in [6, 6.07) is 0. The van der Waals surface area contributed by atoms with Gasteiger partial charge in [-0.2, -0.15) is 0 Å². The third kappa shape index (κ3) is 2.76.